The minimum atomic E-state index is -0.675. The molecule has 6 heteroatoms. The van der Waals surface area contributed by atoms with Crippen LogP contribution in [0.1, 0.15) is 24.0 Å². The number of nitrogens with two attached hydrogens (primary N) is 1. The van der Waals surface area contributed by atoms with Crippen LogP contribution in [0.15, 0.2) is 77.6 Å². The lowest BCUT2D eigenvalue weighted by atomic mass is 9.84. The minimum absolute atomic E-state index is 0.0153. The van der Waals surface area contributed by atoms with Crippen LogP contribution in [-0.4, -0.2) is 11.0 Å². The van der Waals surface area contributed by atoms with Crippen LogP contribution in [0.4, 0.5) is 0 Å². The zero-order valence-electron chi connectivity index (χ0n) is 14.2. The zero-order chi connectivity index (χ0) is 18.5. The van der Waals surface area contributed by atoms with E-state index in [-0.39, 0.29) is 23.6 Å². The normalized spacial score (nSPS) is 16.7. The highest BCUT2D eigenvalue weighted by Gasteiger charge is 2.36. The molecule has 0 amide bonds. The number of hydrogen-bond donors (Lipinski definition) is 1. The van der Waals surface area contributed by atoms with Crippen LogP contribution >= 0.6 is 0 Å². The fraction of sp³-hybridized carbons (Fsp3) is 0.150. The standard InChI is InChI=1S/C20H17N3O3/c1-13-17(20(24)25-12-14-6-3-2-4-7-14)18(15-8-5-9-23-11-15)16(10-21)19(22)26-13/h2-9,11,18H,12,22H2,1H3. The van der Waals surface area contributed by atoms with Gasteiger partial charge in [-0.15, -0.1) is 0 Å². The Kier molecular flexibility index (Phi) is 4.99. The number of nitriles is 1. The predicted molar refractivity (Wildman–Crippen MR) is 93.8 cm³/mol. The van der Waals surface area contributed by atoms with Gasteiger partial charge in [0, 0.05) is 12.4 Å². The van der Waals surface area contributed by atoms with Crippen LogP contribution in [0.25, 0.3) is 0 Å². The van der Waals surface area contributed by atoms with Crippen LogP contribution < -0.4 is 5.73 Å². The van der Waals surface area contributed by atoms with Crippen molar-refractivity contribution in [3.8, 4) is 6.07 Å². The Hall–Kier alpha value is -3.59. The summed E-state index contributed by atoms with van der Waals surface area (Å²) in [6.07, 6.45) is 3.21. The second-order valence-electron chi connectivity index (χ2n) is 5.74. The van der Waals surface area contributed by atoms with Crippen LogP contribution in [-0.2, 0) is 20.9 Å². The van der Waals surface area contributed by atoms with E-state index in [1.165, 1.54) is 0 Å². The van der Waals surface area contributed by atoms with Gasteiger partial charge in [-0.2, -0.15) is 5.26 Å². The van der Waals surface area contributed by atoms with Crippen molar-refractivity contribution < 1.29 is 14.3 Å². The van der Waals surface area contributed by atoms with E-state index in [0.717, 1.165) is 5.56 Å². The third-order valence-electron chi connectivity index (χ3n) is 4.06. The molecule has 6 nitrogen and oxygen atoms in total. The van der Waals surface area contributed by atoms with Gasteiger partial charge in [0.15, 0.2) is 0 Å². The number of esters is 1. The van der Waals surface area contributed by atoms with Gasteiger partial charge in [-0.1, -0.05) is 36.4 Å². The van der Waals surface area contributed by atoms with Crippen molar-refractivity contribution in [1.82, 2.24) is 4.98 Å². The number of pyridine rings is 1. The molecule has 0 radical (unpaired) electrons. The lowest BCUT2D eigenvalue weighted by Crippen LogP contribution is -2.25. The van der Waals surface area contributed by atoms with E-state index in [2.05, 4.69) is 4.98 Å². The molecule has 2 heterocycles. The molecule has 2 N–H and O–H groups in total. The smallest absolute Gasteiger partial charge is 0.338 e. The first-order chi connectivity index (χ1) is 12.6. The number of hydrogen-bond acceptors (Lipinski definition) is 6. The summed E-state index contributed by atoms with van der Waals surface area (Å²) in [6.45, 7) is 1.75. The Morgan fingerprint density at radius 3 is 2.73 bits per heavy atom. The Labute approximate surface area is 151 Å². The summed E-state index contributed by atoms with van der Waals surface area (Å²) >= 11 is 0. The van der Waals surface area contributed by atoms with Crippen LogP contribution in [0.5, 0.6) is 0 Å². The van der Waals surface area contributed by atoms with E-state index in [1.54, 1.807) is 31.5 Å². The number of ether oxygens (including phenoxy) is 2. The molecule has 1 aromatic heterocycles. The highest BCUT2D eigenvalue weighted by atomic mass is 16.5. The van der Waals surface area contributed by atoms with E-state index in [1.807, 2.05) is 36.4 Å². The zero-order valence-corrected chi connectivity index (χ0v) is 14.2. The minimum Gasteiger partial charge on any atom is -0.457 e. The molecule has 1 aliphatic rings. The fourth-order valence-corrected chi connectivity index (χ4v) is 2.83. The van der Waals surface area contributed by atoms with Gasteiger partial charge in [0.1, 0.15) is 24.0 Å². The number of benzene rings is 1. The van der Waals surface area contributed by atoms with Crippen molar-refractivity contribution in [3.63, 3.8) is 0 Å². The van der Waals surface area contributed by atoms with Crippen LogP contribution in [0.2, 0.25) is 0 Å². The molecule has 1 atom stereocenters. The van der Waals surface area contributed by atoms with E-state index >= 15 is 0 Å². The molecule has 0 aliphatic carbocycles. The average molecular weight is 347 g/mol. The number of carbonyl (C=O) groups excluding carboxylic acids is 1. The van der Waals surface area contributed by atoms with E-state index in [0.29, 0.717) is 11.3 Å². The van der Waals surface area contributed by atoms with Crippen molar-refractivity contribution >= 4 is 5.97 Å². The number of carbonyl (C=O) groups is 1. The molecule has 1 aromatic carbocycles. The fourth-order valence-electron chi connectivity index (χ4n) is 2.83. The predicted octanol–water partition coefficient (Wildman–Crippen LogP) is 2.91. The second kappa shape index (κ2) is 7.53. The lowest BCUT2D eigenvalue weighted by Gasteiger charge is -2.26. The summed E-state index contributed by atoms with van der Waals surface area (Å²) in [7, 11) is 0. The third-order valence-corrected chi connectivity index (χ3v) is 4.06. The van der Waals surface area contributed by atoms with Crippen molar-refractivity contribution in [1.29, 1.82) is 5.26 Å². The summed E-state index contributed by atoms with van der Waals surface area (Å²) in [5.41, 5.74) is 7.81. The molecule has 1 aliphatic heterocycles. The summed E-state index contributed by atoms with van der Waals surface area (Å²) < 4.78 is 10.9. The highest BCUT2D eigenvalue weighted by molar-refractivity contribution is 5.92. The Morgan fingerprint density at radius 2 is 2.08 bits per heavy atom. The van der Waals surface area contributed by atoms with Gasteiger partial charge in [0.05, 0.1) is 11.5 Å². The van der Waals surface area contributed by atoms with Crippen molar-refractivity contribution in [3.05, 3.63) is 88.8 Å². The number of nitrogens with zero attached hydrogens (tertiary/aromatic N) is 2. The molecule has 3 rings (SSSR count). The molecule has 0 fully saturated rings. The van der Waals surface area contributed by atoms with Crippen LogP contribution in [0.3, 0.4) is 0 Å². The summed E-state index contributed by atoms with van der Waals surface area (Å²) in [4.78, 5) is 16.9. The third kappa shape index (κ3) is 3.42. The summed E-state index contributed by atoms with van der Waals surface area (Å²) in [5, 5.41) is 9.52. The second-order valence-corrected chi connectivity index (χ2v) is 5.74. The monoisotopic (exact) mass is 347 g/mol. The maximum Gasteiger partial charge on any atom is 0.338 e. The molecular weight excluding hydrogens is 330 g/mol. The summed E-state index contributed by atoms with van der Waals surface area (Å²) in [5.74, 6) is -0.932. The quantitative estimate of drug-likeness (QED) is 0.854. The lowest BCUT2D eigenvalue weighted by molar-refractivity contribution is -0.140. The van der Waals surface area contributed by atoms with Crippen molar-refractivity contribution in [2.45, 2.75) is 19.4 Å². The maximum atomic E-state index is 12.8. The van der Waals surface area contributed by atoms with E-state index < -0.39 is 11.9 Å². The number of allylic oxidation sites excluding steroid dienone is 2. The first kappa shape index (κ1) is 17.2. The summed E-state index contributed by atoms with van der Waals surface area (Å²) in [6, 6.07) is 14.9. The first-order valence-electron chi connectivity index (χ1n) is 8.01. The Balaban J connectivity index is 1.93. The van der Waals surface area contributed by atoms with Gasteiger partial charge in [0.2, 0.25) is 5.88 Å². The average Bonchev–Trinajstić information content (AvgIpc) is 2.67. The molecule has 130 valence electrons. The Bertz CT molecular complexity index is 912. The Morgan fingerprint density at radius 1 is 1.31 bits per heavy atom. The van der Waals surface area contributed by atoms with E-state index in [4.69, 9.17) is 15.2 Å². The SMILES string of the molecule is CC1=C(C(=O)OCc2ccccc2)C(c2cccnc2)C(C#N)=C(N)O1. The van der Waals surface area contributed by atoms with E-state index in [9.17, 15) is 10.1 Å². The molecule has 1 unspecified atom stereocenters. The van der Waals surface area contributed by atoms with Crippen molar-refractivity contribution in [2.75, 3.05) is 0 Å². The molecule has 2 aromatic rings. The van der Waals surface area contributed by atoms with Gasteiger partial charge in [0.25, 0.3) is 0 Å². The van der Waals surface area contributed by atoms with Gasteiger partial charge in [-0.25, -0.2) is 4.79 Å². The molecule has 0 bridgehead atoms. The molecule has 26 heavy (non-hydrogen) atoms. The molecular formula is C20H17N3O3. The number of rotatable bonds is 4. The van der Waals surface area contributed by atoms with Gasteiger partial charge in [-0.3, -0.25) is 4.98 Å². The maximum absolute atomic E-state index is 12.8. The molecule has 0 saturated carbocycles. The highest BCUT2D eigenvalue weighted by Crippen LogP contribution is 2.39. The van der Waals surface area contributed by atoms with Crippen LogP contribution in [0, 0.1) is 11.3 Å². The van der Waals surface area contributed by atoms with Crippen molar-refractivity contribution in [2.24, 2.45) is 5.73 Å². The molecule has 0 spiro atoms. The topological polar surface area (TPSA) is 98.2 Å². The first-order valence-corrected chi connectivity index (χ1v) is 8.01. The van der Waals surface area contributed by atoms with Gasteiger partial charge < -0.3 is 15.2 Å². The van der Waals surface area contributed by atoms with Gasteiger partial charge in [-0.05, 0) is 24.1 Å². The number of aromatic nitrogens is 1. The largest absolute Gasteiger partial charge is 0.457 e. The molecule has 0 saturated heterocycles. The van der Waals surface area contributed by atoms with Gasteiger partial charge >= 0.3 is 5.97 Å².